The molecule has 0 N–H and O–H groups in total. The Hall–Kier alpha value is -2.88. The molecule has 4 heteroatoms. The molecule has 1 heterocycles. The Labute approximate surface area is 176 Å². The molecule has 3 aliphatic rings. The number of ketones is 1. The highest BCUT2D eigenvalue weighted by atomic mass is 16.8. The number of rotatable bonds is 6. The highest BCUT2D eigenvalue weighted by Crippen LogP contribution is 2.72. The highest BCUT2D eigenvalue weighted by Gasteiger charge is 2.79. The first-order chi connectivity index (χ1) is 14.6. The SMILES string of the molecule is CCCC12C(=O)C(CCC)(C(c3ccccc3)=C1c1ccccc1)C1OC(=O)OC12. The van der Waals surface area contributed by atoms with Crippen LogP contribution in [0.25, 0.3) is 11.1 Å². The van der Waals surface area contributed by atoms with Crippen LogP contribution in [-0.2, 0) is 14.3 Å². The maximum atomic E-state index is 14.4. The first-order valence-electron chi connectivity index (χ1n) is 10.9. The average molecular weight is 402 g/mol. The second kappa shape index (κ2) is 6.83. The summed E-state index contributed by atoms with van der Waals surface area (Å²) in [5.74, 6) is 0.166. The molecule has 5 rings (SSSR count). The van der Waals surface area contributed by atoms with Crippen LogP contribution < -0.4 is 0 Å². The van der Waals surface area contributed by atoms with Crippen LogP contribution >= 0.6 is 0 Å². The Morgan fingerprint density at radius 1 is 0.700 bits per heavy atom. The van der Waals surface area contributed by atoms with Crippen LogP contribution in [0.3, 0.4) is 0 Å². The van der Waals surface area contributed by atoms with Gasteiger partial charge in [-0.3, -0.25) is 4.79 Å². The summed E-state index contributed by atoms with van der Waals surface area (Å²) in [5.41, 5.74) is 2.36. The molecule has 2 fully saturated rings. The third-order valence-corrected chi connectivity index (χ3v) is 7.06. The molecule has 4 nitrogen and oxygen atoms in total. The number of fused-ring (bicyclic) bond motifs is 5. The van der Waals surface area contributed by atoms with E-state index < -0.39 is 29.2 Å². The van der Waals surface area contributed by atoms with Crippen LogP contribution in [0.1, 0.15) is 50.7 Å². The molecule has 0 aromatic heterocycles. The van der Waals surface area contributed by atoms with Crippen molar-refractivity contribution in [1.29, 1.82) is 0 Å². The number of Topliss-reactive ketones (excluding diaryl/α,β-unsaturated/α-hetero) is 1. The summed E-state index contributed by atoms with van der Waals surface area (Å²) in [5, 5.41) is 0. The topological polar surface area (TPSA) is 52.6 Å². The van der Waals surface area contributed by atoms with E-state index in [-0.39, 0.29) is 5.78 Å². The predicted molar refractivity (Wildman–Crippen MR) is 115 cm³/mol. The van der Waals surface area contributed by atoms with Gasteiger partial charge in [-0.25, -0.2) is 4.79 Å². The summed E-state index contributed by atoms with van der Waals surface area (Å²) in [4.78, 5) is 26.7. The Morgan fingerprint density at radius 2 is 1.10 bits per heavy atom. The zero-order chi connectivity index (χ0) is 20.9. The van der Waals surface area contributed by atoms with Crippen molar-refractivity contribution in [3.05, 3.63) is 71.8 Å². The van der Waals surface area contributed by atoms with Crippen LogP contribution in [0.15, 0.2) is 60.7 Å². The third-order valence-electron chi connectivity index (χ3n) is 7.06. The van der Waals surface area contributed by atoms with Crippen molar-refractivity contribution in [1.82, 2.24) is 0 Å². The molecule has 0 spiro atoms. The van der Waals surface area contributed by atoms with E-state index in [4.69, 9.17) is 9.47 Å². The lowest BCUT2D eigenvalue weighted by molar-refractivity contribution is -0.131. The molecule has 30 heavy (non-hydrogen) atoms. The molecule has 0 amide bonds. The molecule has 0 radical (unpaired) electrons. The van der Waals surface area contributed by atoms with E-state index in [0.717, 1.165) is 35.1 Å². The lowest BCUT2D eigenvalue weighted by Crippen LogP contribution is -2.42. The lowest BCUT2D eigenvalue weighted by Gasteiger charge is -2.38. The smallest absolute Gasteiger partial charge is 0.426 e. The van der Waals surface area contributed by atoms with Gasteiger partial charge >= 0.3 is 6.16 Å². The van der Waals surface area contributed by atoms with Crippen molar-refractivity contribution >= 4 is 23.1 Å². The largest absolute Gasteiger partial charge is 0.509 e. The molecule has 2 aromatic carbocycles. The predicted octanol–water partition coefficient (Wildman–Crippen LogP) is 5.67. The molecule has 154 valence electrons. The summed E-state index contributed by atoms with van der Waals surface area (Å²) in [6.07, 6.45) is 1.12. The maximum Gasteiger partial charge on any atom is 0.509 e. The molecule has 4 unspecified atom stereocenters. The number of benzene rings is 2. The third kappa shape index (κ3) is 2.22. The summed E-state index contributed by atoms with van der Waals surface area (Å²) in [6.45, 7) is 4.16. The molecular formula is C26H26O4. The van der Waals surface area contributed by atoms with Crippen LogP contribution in [0.4, 0.5) is 4.79 Å². The highest BCUT2D eigenvalue weighted by molar-refractivity contribution is 6.24. The molecule has 2 bridgehead atoms. The molecular weight excluding hydrogens is 376 g/mol. The van der Waals surface area contributed by atoms with Gasteiger partial charge in [-0.2, -0.15) is 0 Å². The molecule has 2 aliphatic carbocycles. The number of carbonyl (C=O) groups excluding carboxylic acids is 2. The minimum Gasteiger partial charge on any atom is -0.426 e. The van der Waals surface area contributed by atoms with Crippen LogP contribution in [-0.4, -0.2) is 24.1 Å². The second-order valence-corrected chi connectivity index (χ2v) is 8.58. The van der Waals surface area contributed by atoms with Gasteiger partial charge in [0.15, 0.2) is 18.0 Å². The van der Waals surface area contributed by atoms with Gasteiger partial charge in [0.05, 0.1) is 10.8 Å². The Bertz CT molecular complexity index is 946. The van der Waals surface area contributed by atoms with Crippen molar-refractivity contribution < 1.29 is 19.1 Å². The molecule has 1 saturated carbocycles. The van der Waals surface area contributed by atoms with Gasteiger partial charge in [0.1, 0.15) is 0 Å². The van der Waals surface area contributed by atoms with E-state index in [1.165, 1.54) is 0 Å². The Balaban J connectivity index is 1.90. The first-order valence-corrected chi connectivity index (χ1v) is 10.9. The fourth-order valence-electron chi connectivity index (χ4n) is 6.25. The van der Waals surface area contributed by atoms with Gasteiger partial charge in [0.2, 0.25) is 0 Å². The van der Waals surface area contributed by atoms with Crippen molar-refractivity contribution in [2.45, 2.75) is 51.7 Å². The van der Waals surface area contributed by atoms with Crippen molar-refractivity contribution in [3.63, 3.8) is 0 Å². The summed E-state index contributed by atoms with van der Waals surface area (Å²) < 4.78 is 11.5. The Kier molecular flexibility index (Phi) is 4.35. The summed E-state index contributed by atoms with van der Waals surface area (Å²) >= 11 is 0. The lowest BCUT2D eigenvalue weighted by atomic mass is 9.67. The number of carbonyl (C=O) groups is 2. The van der Waals surface area contributed by atoms with E-state index in [2.05, 4.69) is 38.1 Å². The van der Waals surface area contributed by atoms with E-state index in [9.17, 15) is 9.59 Å². The zero-order valence-corrected chi connectivity index (χ0v) is 17.4. The standard InChI is InChI=1S/C26H26O4/c1-3-15-25-19(17-11-7-5-8-12-17)20(18-13-9-6-10-14-18)26(16-4-2,23(25)27)22-21(25)29-24(28)30-22/h5-14,21-22H,3-4,15-16H2,1-2H3. The fourth-order valence-corrected chi connectivity index (χ4v) is 6.25. The van der Waals surface area contributed by atoms with E-state index >= 15 is 0 Å². The number of hydrogen-bond donors (Lipinski definition) is 0. The van der Waals surface area contributed by atoms with Gasteiger partial charge < -0.3 is 9.47 Å². The van der Waals surface area contributed by atoms with Gasteiger partial charge in [-0.1, -0.05) is 87.4 Å². The minimum atomic E-state index is -0.868. The van der Waals surface area contributed by atoms with Gasteiger partial charge in [0, 0.05) is 0 Å². The Morgan fingerprint density at radius 3 is 1.47 bits per heavy atom. The normalized spacial score (nSPS) is 31.7. The molecule has 4 atom stereocenters. The van der Waals surface area contributed by atoms with Gasteiger partial charge in [-0.15, -0.1) is 0 Å². The summed E-state index contributed by atoms with van der Waals surface area (Å²) in [7, 11) is 0. The average Bonchev–Trinajstić information content (AvgIpc) is 3.32. The van der Waals surface area contributed by atoms with E-state index in [1.54, 1.807) is 0 Å². The monoisotopic (exact) mass is 402 g/mol. The van der Waals surface area contributed by atoms with Gasteiger partial charge in [-0.05, 0) is 35.1 Å². The molecule has 1 saturated heterocycles. The van der Waals surface area contributed by atoms with Crippen LogP contribution in [0, 0.1) is 10.8 Å². The maximum absolute atomic E-state index is 14.4. The second-order valence-electron chi connectivity index (χ2n) is 8.58. The summed E-state index contributed by atoms with van der Waals surface area (Å²) in [6, 6.07) is 20.2. The quantitative estimate of drug-likeness (QED) is 0.584. The van der Waals surface area contributed by atoms with E-state index in [1.807, 2.05) is 36.4 Å². The minimum absolute atomic E-state index is 0.166. The van der Waals surface area contributed by atoms with Crippen LogP contribution in [0.5, 0.6) is 0 Å². The van der Waals surface area contributed by atoms with E-state index in [0.29, 0.717) is 12.8 Å². The first kappa shape index (κ1) is 19.1. The molecule has 2 aromatic rings. The van der Waals surface area contributed by atoms with Crippen molar-refractivity contribution in [3.8, 4) is 0 Å². The number of hydrogen-bond acceptors (Lipinski definition) is 4. The number of ether oxygens (including phenoxy) is 2. The van der Waals surface area contributed by atoms with Crippen molar-refractivity contribution in [2.24, 2.45) is 10.8 Å². The van der Waals surface area contributed by atoms with Gasteiger partial charge in [0.25, 0.3) is 0 Å². The fraction of sp³-hybridized carbons (Fsp3) is 0.385. The zero-order valence-electron chi connectivity index (χ0n) is 17.4. The van der Waals surface area contributed by atoms with Crippen molar-refractivity contribution in [2.75, 3.05) is 0 Å². The van der Waals surface area contributed by atoms with Crippen LogP contribution in [0.2, 0.25) is 0 Å². The molecule has 1 aliphatic heterocycles.